The number of aromatic nitrogens is 1. The Morgan fingerprint density at radius 3 is 2.45 bits per heavy atom. The van der Waals surface area contributed by atoms with E-state index in [-0.39, 0.29) is 23.8 Å². The number of carbonyl (C=O) groups is 1. The van der Waals surface area contributed by atoms with Crippen molar-refractivity contribution in [2.24, 2.45) is 0 Å². The van der Waals surface area contributed by atoms with E-state index in [1.54, 1.807) is 18.0 Å². The Labute approximate surface area is 119 Å². The summed E-state index contributed by atoms with van der Waals surface area (Å²) in [6.45, 7) is 4.12. The van der Waals surface area contributed by atoms with Gasteiger partial charge in [0.1, 0.15) is 15.7 Å². The molecule has 0 amide bonds. The lowest BCUT2D eigenvalue weighted by Gasteiger charge is -2.19. The predicted molar refractivity (Wildman–Crippen MR) is 78.3 cm³/mol. The lowest BCUT2D eigenvalue weighted by molar-refractivity contribution is 0.0696. The van der Waals surface area contributed by atoms with Gasteiger partial charge >= 0.3 is 5.97 Å². The third-order valence-electron chi connectivity index (χ3n) is 2.86. The van der Waals surface area contributed by atoms with Gasteiger partial charge in [0.2, 0.25) is 0 Å². The van der Waals surface area contributed by atoms with Crippen molar-refractivity contribution in [2.45, 2.75) is 19.8 Å². The summed E-state index contributed by atoms with van der Waals surface area (Å²) in [6.07, 6.45) is 1.17. The second-order valence-electron chi connectivity index (χ2n) is 5.15. The zero-order valence-electron chi connectivity index (χ0n) is 12.1. The van der Waals surface area contributed by atoms with E-state index in [0.29, 0.717) is 11.5 Å². The lowest BCUT2D eigenvalue weighted by Crippen LogP contribution is -2.26. The van der Waals surface area contributed by atoms with Gasteiger partial charge in [-0.2, -0.15) is 0 Å². The van der Waals surface area contributed by atoms with Crippen LogP contribution >= 0.6 is 0 Å². The number of pyridine rings is 1. The zero-order valence-corrected chi connectivity index (χ0v) is 12.9. The Morgan fingerprint density at radius 2 is 2.00 bits per heavy atom. The molecule has 0 unspecified atom stereocenters. The summed E-state index contributed by atoms with van der Waals surface area (Å²) in [5.74, 6) is -0.458. The van der Waals surface area contributed by atoms with Gasteiger partial charge in [-0.3, -0.25) is 0 Å². The van der Waals surface area contributed by atoms with Gasteiger partial charge < -0.3 is 10.0 Å². The summed E-state index contributed by atoms with van der Waals surface area (Å²) >= 11 is 0. The number of carboxylic acid groups (broad SMARTS) is 1. The Balaban J connectivity index is 3.07. The molecule has 0 spiro atoms. The molecule has 1 N–H and O–H groups in total. The molecule has 6 nitrogen and oxygen atoms in total. The minimum absolute atomic E-state index is 0.000505. The number of nitrogens with zero attached hydrogens (tertiary/aromatic N) is 2. The highest BCUT2D eigenvalue weighted by Gasteiger charge is 2.14. The van der Waals surface area contributed by atoms with Gasteiger partial charge in [0.05, 0.1) is 11.3 Å². The first-order valence-corrected chi connectivity index (χ1v) is 8.30. The average molecular weight is 300 g/mol. The van der Waals surface area contributed by atoms with Crippen LogP contribution in [0.4, 0.5) is 5.82 Å². The molecule has 0 atom stereocenters. The zero-order chi connectivity index (χ0) is 15.5. The summed E-state index contributed by atoms with van der Waals surface area (Å²) in [5, 5.41) is 9.11. The molecule has 0 bridgehead atoms. The molecule has 1 aromatic rings. The van der Waals surface area contributed by atoms with E-state index in [9.17, 15) is 13.2 Å². The standard InChI is InChI=1S/C13H20N2O4S/c1-9(2)11-7-10(13(16)17)8-12(14-11)15(3)5-6-20(4,18)19/h7-9H,5-6H2,1-4H3,(H,16,17). The van der Waals surface area contributed by atoms with Gasteiger partial charge in [0, 0.05) is 25.5 Å². The monoisotopic (exact) mass is 300 g/mol. The summed E-state index contributed by atoms with van der Waals surface area (Å²) in [6, 6.07) is 3.00. The average Bonchev–Trinajstić information content (AvgIpc) is 2.34. The van der Waals surface area contributed by atoms with Gasteiger partial charge in [0.25, 0.3) is 0 Å². The first-order valence-electron chi connectivity index (χ1n) is 6.24. The number of rotatable bonds is 6. The fraction of sp³-hybridized carbons (Fsp3) is 0.538. The molecule has 0 saturated heterocycles. The molecule has 0 aliphatic carbocycles. The maximum Gasteiger partial charge on any atom is 0.335 e. The second-order valence-corrected chi connectivity index (χ2v) is 7.41. The minimum Gasteiger partial charge on any atom is -0.478 e. The van der Waals surface area contributed by atoms with Crippen LogP contribution in [0.5, 0.6) is 0 Å². The molecule has 0 saturated carbocycles. The fourth-order valence-electron chi connectivity index (χ4n) is 1.57. The van der Waals surface area contributed by atoms with Crippen molar-refractivity contribution < 1.29 is 18.3 Å². The Bertz CT molecular complexity index is 596. The van der Waals surface area contributed by atoms with E-state index in [2.05, 4.69) is 4.98 Å². The third-order valence-corrected chi connectivity index (χ3v) is 3.78. The molecule has 0 radical (unpaired) electrons. The molecular weight excluding hydrogens is 280 g/mol. The van der Waals surface area contributed by atoms with Crippen LogP contribution in [0.25, 0.3) is 0 Å². The summed E-state index contributed by atoms with van der Waals surface area (Å²) in [4.78, 5) is 17.2. The maximum atomic E-state index is 11.2. The Hall–Kier alpha value is -1.63. The minimum atomic E-state index is -3.07. The van der Waals surface area contributed by atoms with Crippen LogP contribution in [0, 0.1) is 0 Å². The number of sulfone groups is 1. The number of hydrogen-bond acceptors (Lipinski definition) is 5. The molecule has 0 fully saturated rings. The first kappa shape index (κ1) is 16.4. The number of hydrogen-bond donors (Lipinski definition) is 1. The molecule has 0 aromatic carbocycles. The van der Waals surface area contributed by atoms with E-state index in [1.807, 2.05) is 13.8 Å². The van der Waals surface area contributed by atoms with E-state index in [1.165, 1.54) is 12.3 Å². The van der Waals surface area contributed by atoms with Crippen molar-refractivity contribution in [1.82, 2.24) is 4.98 Å². The normalized spacial score (nSPS) is 11.7. The third kappa shape index (κ3) is 4.80. The smallest absolute Gasteiger partial charge is 0.335 e. The van der Waals surface area contributed by atoms with Gasteiger partial charge in [-0.15, -0.1) is 0 Å². The molecule has 20 heavy (non-hydrogen) atoms. The number of carboxylic acids is 1. The molecule has 1 heterocycles. The van der Waals surface area contributed by atoms with E-state index in [4.69, 9.17) is 5.11 Å². The van der Waals surface area contributed by atoms with Crippen LogP contribution in [-0.4, -0.2) is 50.1 Å². The SMILES string of the molecule is CC(C)c1cc(C(=O)O)cc(N(C)CCS(C)(=O)=O)n1. The predicted octanol–water partition coefficient (Wildman–Crippen LogP) is 1.38. The largest absolute Gasteiger partial charge is 0.478 e. The molecule has 1 aromatic heterocycles. The number of anilines is 1. The van der Waals surface area contributed by atoms with Crippen LogP contribution in [-0.2, 0) is 9.84 Å². The van der Waals surface area contributed by atoms with Crippen molar-refractivity contribution in [3.63, 3.8) is 0 Å². The van der Waals surface area contributed by atoms with Crippen molar-refractivity contribution in [2.75, 3.05) is 30.5 Å². The Morgan fingerprint density at radius 1 is 1.40 bits per heavy atom. The van der Waals surface area contributed by atoms with E-state index < -0.39 is 15.8 Å². The van der Waals surface area contributed by atoms with E-state index >= 15 is 0 Å². The van der Waals surface area contributed by atoms with Crippen LogP contribution in [0.3, 0.4) is 0 Å². The van der Waals surface area contributed by atoms with Crippen LogP contribution in [0.15, 0.2) is 12.1 Å². The lowest BCUT2D eigenvalue weighted by atomic mass is 10.1. The topological polar surface area (TPSA) is 87.6 Å². The van der Waals surface area contributed by atoms with E-state index in [0.717, 1.165) is 0 Å². The highest BCUT2D eigenvalue weighted by Crippen LogP contribution is 2.19. The van der Waals surface area contributed by atoms with Gasteiger partial charge in [-0.1, -0.05) is 13.8 Å². The molecule has 112 valence electrons. The summed E-state index contributed by atoms with van der Waals surface area (Å²) in [5.41, 5.74) is 0.830. The fourth-order valence-corrected chi connectivity index (χ4v) is 2.17. The van der Waals surface area contributed by atoms with Crippen molar-refractivity contribution in [3.05, 3.63) is 23.4 Å². The van der Waals surface area contributed by atoms with Crippen molar-refractivity contribution in [3.8, 4) is 0 Å². The van der Waals surface area contributed by atoms with Crippen LogP contribution in [0.1, 0.15) is 35.8 Å². The van der Waals surface area contributed by atoms with Crippen molar-refractivity contribution in [1.29, 1.82) is 0 Å². The molecular formula is C13H20N2O4S. The van der Waals surface area contributed by atoms with Gasteiger partial charge in [-0.05, 0) is 18.1 Å². The van der Waals surface area contributed by atoms with Gasteiger partial charge in [-0.25, -0.2) is 18.2 Å². The highest BCUT2D eigenvalue weighted by molar-refractivity contribution is 7.90. The summed E-state index contributed by atoms with van der Waals surface area (Å²) < 4.78 is 22.4. The molecule has 0 aliphatic rings. The van der Waals surface area contributed by atoms with Crippen LogP contribution < -0.4 is 4.90 Å². The van der Waals surface area contributed by atoms with Gasteiger partial charge in [0.15, 0.2) is 0 Å². The Kier molecular flexibility index (Phi) is 5.10. The second kappa shape index (κ2) is 6.21. The molecule has 7 heteroatoms. The number of aromatic carboxylic acids is 1. The highest BCUT2D eigenvalue weighted by atomic mass is 32.2. The quantitative estimate of drug-likeness (QED) is 0.854. The summed E-state index contributed by atoms with van der Waals surface area (Å²) in [7, 11) is -1.37. The first-order chi connectivity index (χ1) is 9.10. The molecule has 1 rings (SSSR count). The molecule has 0 aliphatic heterocycles. The maximum absolute atomic E-state index is 11.2. The van der Waals surface area contributed by atoms with Crippen molar-refractivity contribution >= 4 is 21.6 Å². The van der Waals surface area contributed by atoms with Crippen LogP contribution in [0.2, 0.25) is 0 Å².